The molecule has 0 aromatic carbocycles. The summed E-state index contributed by atoms with van der Waals surface area (Å²) in [7, 11) is 0. The summed E-state index contributed by atoms with van der Waals surface area (Å²) in [5.41, 5.74) is 1.68. The van der Waals surface area contributed by atoms with Crippen molar-refractivity contribution in [1.82, 2.24) is 14.5 Å². The van der Waals surface area contributed by atoms with Gasteiger partial charge in [0.2, 0.25) is 0 Å². The Hall–Kier alpha value is -1.41. The van der Waals surface area contributed by atoms with E-state index < -0.39 is 0 Å². The molecule has 1 aliphatic carbocycles. The van der Waals surface area contributed by atoms with Crippen LogP contribution in [0.25, 0.3) is 11.2 Å². The fourth-order valence-corrected chi connectivity index (χ4v) is 2.20. The van der Waals surface area contributed by atoms with E-state index in [-0.39, 0.29) is 0 Å². The second-order valence-electron chi connectivity index (χ2n) is 3.98. The third-order valence-corrected chi connectivity index (χ3v) is 3.19. The summed E-state index contributed by atoms with van der Waals surface area (Å²) in [6, 6.07) is 4.12. The largest absolute Gasteiger partial charge is 0.298 e. The van der Waals surface area contributed by atoms with E-state index in [9.17, 15) is 0 Å². The Morgan fingerprint density at radius 2 is 2.38 bits per heavy atom. The van der Waals surface area contributed by atoms with E-state index in [0.717, 1.165) is 21.5 Å². The van der Waals surface area contributed by atoms with Crippen molar-refractivity contribution in [3.63, 3.8) is 0 Å². The van der Waals surface area contributed by atoms with E-state index in [2.05, 4.69) is 32.0 Å². The van der Waals surface area contributed by atoms with Gasteiger partial charge in [-0.15, -0.1) is 0 Å². The molecule has 1 fully saturated rings. The van der Waals surface area contributed by atoms with Crippen molar-refractivity contribution in [2.75, 3.05) is 0 Å². The maximum atomic E-state index is 8.84. The number of aromatic nitrogens is 3. The van der Waals surface area contributed by atoms with Crippen molar-refractivity contribution in [3.05, 3.63) is 22.6 Å². The molecule has 3 rings (SSSR count). The molecule has 2 heterocycles. The summed E-state index contributed by atoms with van der Waals surface area (Å²) in [4.78, 5) is 8.91. The van der Waals surface area contributed by atoms with E-state index >= 15 is 0 Å². The normalized spacial score (nSPS) is 15.2. The number of fused-ring (bicyclic) bond motifs is 1. The lowest BCUT2D eigenvalue weighted by Gasteiger charge is -2.01. The van der Waals surface area contributed by atoms with Crippen molar-refractivity contribution in [1.29, 1.82) is 5.26 Å². The first-order valence-corrected chi connectivity index (χ1v) is 5.97. The van der Waals surface area contributed by atoms with Crippen LogP contribution in [0.1, 0.15) is 24.6 Å². The molecule has 0 amide bonds. The van der Waals surface area contributed by atoms with Gasteiger partial charge in [-0.05, 0) is 34.8 Å². The number of rotatable bonds is 2. The van der Waals surface area contributed by atoms with Crippen molar-refractivity contribution in [2.45, 2.75) is 25.3 Å². The molecule has 2 aromatic heterocycles. The Balaban J connectivity index is 2.24. The predicted octanol–water partition coefficient (Wildman–Crippen LogP) is 2.59. The monoisotopic (exact) mass is 276 g/mol. The van der Waals surface area contributed by atoms with Gasteiger partial charge >= 0.3 is 0 Å². The molecule has 0 spiro atoms. The molecule has 0 atom stereocenters. The average Bonchev–Trinajstić information content (AvgIpc) is 3.04. The maximum Gasteiger partial charge on any atom is 0.161 e. The van der Waals surface area contributed by atoms with Crippen molar-refractivity contribution in [3.8, 4) is 6.07 Å². The highest BCUT2D eigenvalue weighted by atomic mass is 79.9. The van der Waals surface area contributed by atoms with E-state index in [1.165, 1.54) is 12.8 Å². The number of imidazole rings is 1. The van der Waals surface area contributed by atoms with Crippen LogP contribution in [0.2, 0.25) is 0 Å². The van der Waals surface area contributed by atoms with Crippen LogP contribution < -0.4 is 0 Å². The lowest BCUT2D eigenvalue weighted by atomic mass is 10.4. The molecule has 0 radical (unpaired) electrons. The first-order chi connectivity index (χ1) is 7.79. The molecule has 0 N–H and O–H groups in total. The summed E-state index contributed by atoms with van der Waals surface area (Å²) in [6.07, 6.45) is 4.10. The Labute approximate surface area is 101 Å². The first-order valence-electron chi connectivity index (χ1n) is 5.18. The summed E-state index contributed by atoms with van der Waals surface area (Å²) in [5.74, 6) is 1.54. The van der Waals surface area contributed by atoms with Gasteiger partial charge in [-0.1, -0.05) is 0 Å². The number of hydrogen-bond donors (Lipinski definition) is 0. The molecule has 1 aliphatic rings. The lowest BCUT2D eigenvalue weighted by Crippen LogP contribution is -2.01. The van der Waals surface area contributed by atoms with Gasteiger partial charge in [-0.3, -0.25) is 4.57 Å². The Morgan fingerprint density at radius 1 is 1.56 bits per heavy atom. The van der Waals surface area contributed by atoms with Gasteiger partial charge in [-0.2, -0.15) is 5.26 Å². The van der Waals surface area contributed by atoms with E-state index in [0.29, 0.717) is 12.5 Å². The van der Waals surface area contributed by atoms with Crippen molar-refractivity contribution in [2.24, 2.45) is 0 Å². The highest BCUT2D eigenvalue weighted by molar-refractivity contribution is 9.10. The van der Waals surface area contributed by atoms with Crippen LogP contribution in [0, 0.1) is 11.3 Å². The molecule has 0 unspecified atom stereocenters. The fraction of sp³-hybridized carbons (Fsp3) is 0.364. The lowest BCUT2D eigenvalue weighted by molar-refractivity contribution is 0.762. The highest BCUT2D eigenvalue weighted by Crippen LogP contribution is 2.40. The molecule has 2 aromatic rings. The Bertz CT molecular complexity index is 592. The molecule has 1 saturated carbocycles. The highest BCUT2D eigenvalue weighted by Gasteiger charge is 2.29. The van der Waals surface area contributed by atoms with Gasteiger partial charge in [0.05, 0.1) is 6.07 Å². The van der Waals surface area contributed by atoms with Crippen LogP contribution in [0.5, 0.6) is 0 Å². The number of halogens is 1. The van der Waals surface area contributed by atoms with Crippen LogP contribution in [-0.2, 0) is 6.54 Å². The summed E-state index contributed by atoms with van der Waals surface area (Å²) in [5, 5.41) is 8.84. The van der Waals surface area contributed by atoms with Crippen LogP contribution in [0.15, 0.2) is 16.7 Å². The smallest absolute Gasteiger partial charge is 0.161 e. The van der Waals surface area contributed by atoms with Crippen LogP contribution >= 0.6 is 15.9 Å². The van der Waals surface area contributed by atoms with Crippen molar-refractivity contribution < 1.29 is 0 Å². The fourth-order valence-electron chi connectivity index (χ4n) is 1.88. The maximum absolute atomic E-state index is 8.84. The van der Waals surface area contributed by atoms with Crippen LogP contribution in [0.4, 0.5) is 0 Å². The second kappa shape index (κ2) is 3.56. The third kappa shape index (κ3) is 1.50. The van der Waals surface area contributed by atoms with E-state index in [1.54, 1.807) is 6.20 Å². The van der Waals surface area contributed by atoms with Gasteiger partial charge in [0.25, 0.3) is 0 Å². The van der Waals surface area contributed by atoms with Crippen LogP contribution in [0.3, 0.4) is 0 Å². The van der Waals surface area contributed by atoms with Gasteiger partial charge in [0.15, 0.2) is 5.65 Å². The predicted molar refractivity (Wildman–Crippen MR) is 62.8 cm³/mol. The molecule has 4 nitrogen and oxygen atoms in total. The zero-order valence-corrected chi connectivity index (χ0v) is 10.1. The summed E-state index contributed by atoms with van der Waals surface area (Å²) < 4.78 is 2.85. The van der Waals surface area contributed by atoms with Crippen LogP contribution in [-0.4, -0.2) is 14.5 Å². The Morgan fingerprint density at radius 3 is 3.06 bits per heavy atom. The minimum atomic E-state index is 0.330. The zero-order valence-electron chi connectivity index (χ0n) is 8.52. The summed E-state index contributed by atoms with van der Waals surface area (Å²) in [6.45, 7) is 0.330. The zero-order chi connectivity index (χ0) is 11.1. The quantitative estimate of drug-likeness (QED) is 0.847. The third-order valence-electron chi connectivity index (χ3n) is 2.75. The molecule has 5 heteroatoms. The molecule has 16 heavy (non-hydrogen) atoms. The molecular weight excluding hydrogens is 268 g/mol. The van der Waals surface area contributed by atoms with E-state index in [1.807, 2.05) is 10.6 Å². The first kappa shape index (κ1) is 9.79. The number of nitrogens with zero attached hydrogens (tertiary/aromatic N) is 4. The van der Waals surface area contributed by atoms with Crippen molar-refractivity contribution >= 4 is 27.1 Å². The summed E-state index contributed by atoms with van der Waals surface area (Å²) >= 11 is 3.38. The SMILES string of the molecule is N#CCn1c(C2CC2)nc2cc(Br)cnc21. The topological polar surface area (TPSA) is 54.5 Å². The second-order valence-corrected chi connectivity index (χ2v) is 4.90. The molecule has 0 saturated heterocycles. The van der Waals surface area contributed by atoms with Gasteiger partial charge in [0.1, 0.15) is 17.9 Å². The van der Waals surface area contributed by atoms with Gasteiger partial charge in [-0.25, -0.2) is 9.97 Å². The molecule has 80 valence electrons. The minimum Gasteiger partial charge on any atom is -0.298 e. The van der Waals surface area contributed by atoms with Gasteiger partial charge < -0.3 is 0 Å². The standard InChI is InChI=1S/C11H9BrN4/c12-8-5-9-11(14-6-8)16(4-3-13)10(15-9)7-1-2-7/h5-7H,1-2,4H2. The minimum absolute atomic E-state index is 0.330. The number of nitriles is 1. The van der Waals surface area contributed by atoms with Gasteiger partial charge in [0, 0.05) is 16.6 Å². The molecule has 0 bridgehead atoms. The molecule has 0 aliphatic heterocycles. The molecular formula is C11H9BrN4. The number of pyridine rings is 1. The number of hydrogen-bond acceptors (Lipinski definition) is 3. The average molecular weight is 277 g/mol. The van der Waals surface area contributed by atoms with E-state index in [4.69, 9.17) is 5.26 Å². The Kier molecular flexibility index (Phi) is 2.18.